The van der Waals surface area contributed by atoms with Crippen molar-refractivity contribution >= 4 is 59.6 Å². The van der Waals surface area contributed by atoms with Gasteiger partial charge in [0.05, 0.1) is 15.7 Å². The smallest absolute Gasteiger partial charge is 0.123 e. The Hall–Kier alpha value is -5.97. The molecular weight excluding hydrogens is 608 g/mol. The summed E-state index contributed by atoms with van der Waals surface area (Å²) in [6.07, 6.45) is 0. The van der Waals surface area contributed by atoms with E-state index in [0.29, 0.717) is 0 Å². The van der Waals surface area contributed by atoms with Gasteiger partial charge in [-0.05, 0) is 95.1 Å². The largest absolute Gasteiger partial charge is 0.311 e. The van der Waals surface area contributed by atoms with Crippen molar-refractivity contribution in [1.29, 1.82) is 0 Å². The van der Waals surface area contributed by atoms with Gasteiger partial charge in [-0.25, -0.2) is 4.39 Å². The molecule has 0 atom stereocenters. The summed E-state index contributed by atoms with van der Waals surface area (Å²) in [5, 5.41) is 2.57. The number of hydrogen-bond donors (Lipinski definition) is 0. The molecule has 4 heteroatoms. The number of rotatable bonds is 6. The van der Waals surface area contributed by atoms with Gasteiger partial charge < -0.3 is 9.47 Å². The van der Waals surface area contributed by atoms with Gasteiger partial charge in [-0.15, -0.1) is 11.3 Å². The van der Waals surface area contributed by atoms with E-state index in [1.54, 1.807) is 0 Å². The van der Waals surface area contributed by atoms with Gasteiger partial charge in [0, 0.05) is 38.2 Å². The van der Waals surface area contributed by atoms with E-state index < -0.39 is 0 Å². The van der Waals surface area contributed by atoms with Crippen LogP contribution in [0.4, 0.5) is 21.5 Å². The first-order chi connectivity index (χ1) is 23.7. The Balaban J connectivity index is 1.07. The molecule has 0 radical (unpaired) electrons. The van der Waals surface area contributed by atoms with Crippen molar-refractivity contribution in [2.24, 2.45) is 0 Å². The average Bonchev–Trinajstić information content (AvgIpc) is 3.68. The minimum atomic E-state index is -0.252. The van der Waals surface area contributed by atoms with E-state index in [0.717, 1.165) is 39.4 Å². The number of halogens is 1. The van der Waals surface area contributed by atoms with Gasteiger partial charge in [0.25, 0.3) is 0 Å². The molecule has 0 aliphatic carbocycles. The van der Waals surface area contributed by atoms with Gasteiger partial charge in [-0.3, -0.25) is 0 Å². The highest BCUT2D eigenvalue weighted by molar-refractivity contribution is 7.26. The maximum atomic E-state index is 13.9. The zero-order valence-electron chi connectivity index (χ0n) is 25.9. The number of benzene rings is 7. The van der Waals surface area contributed by atoms with E-state index in [1.807, 2.05) is 29.5 Å². The molecule has 228 valence electrons. The number of para-hydroxylation sites is 1. The molecule has 2 heterocycles. The Morgan fingerprint density at radius 3 is 1.54 bits per heavy atom. The van der Waals surface area contributed by atoms with Crippen molar-refractivity contribution in [3.05, 3.63) is 182 Å². The summed E-state index contributed by atoms with van der Waals surface area (Å²) in [4.78, 5) is 2.16. The number of fused-ring (bicyclic) bond motifs is 5. The lowest BCUT2D eigenvalue weighted by Gasteiger charge is -2.26. The van der Waals surface area contributed by atoms with Crippen LogP contribution >= 0.6 is 11.3 Å². The summed E-state index contributed by atoms with van der Waals surface area (Å²) in [7, 11) is 0. The van der Waals surface area contributed by atoms with Gasteiger partial charge >= 0.3 is 0 Å². The predicted octanol–water partition coefficient (Wildman–Crippen LogP) is 12.9. The molecule has 2 aromatic heterocycles. The first kappa shape index (κ1) is 28.3. The maximum absolute atomic E-state index is 13.9. The molecule has 0 unspecified atom stereocenters. The molecule has 0 aliphatic heterocycles. The second-order valence-corrected chi connectivity index (χ2v) is 13.0. The number of aromatic nitrogens is 1. The molecule has 7 aromatic carbocycles. The van der Waals surface area contributed by atoms with Crippen molar-refractivity contribution in [3.8, 4) is 27.9 Å². The molecule has 9 rings (SSSR count). The van der Waals surface area contributed by atoms with Crippen molar-refractivity contribution in [2.75, 3.05) is 4.90 Å². The molecular formula is C44H29FN2S. The Labute approximate surface area is 282 Å². The second-order valence-electron chi connectivity index (χ2n) is 11.9. The van der Waals surface area contributed by atoms with Crippen LogP contribution < -0.4 is 4.90 Å². The van der Waals surface area contributed by atoms with Crippen LogP contribution in [-0.4, -0.2) is 4.57 Å². The molecule has 0 saturated carbocycles. The van der Waals surface area contributed by atoms with E-state index in [-0.39, 0.29) is 5.82 Å². The zero-order chi connectivity index (χ0) is 32.0. The van der Waals surface area contributed by atoms with Gasteiger partial charge in [-0.2, -0.15) is 0 Å². The fraction of sp³-hybridized carbons (Fsp3) is 0. The summed E-state index contributed by atoms with van der Waals surface area (Å²) in [5.41, 5.74) is 11.1. The minimum absolute atomic E-state index is 0.252. The third-order valence-corrected chi connectivity index (χ3v) is 10.3. The third-order valence-electron chi connectivity index (χ3n) is 9.08. The molecule has 9 aromatic rings. The number of anilines is 3. The van der Waals surface area contributed by atoms with Gasteiger partial charge in [-0.1, -0.05) is 103 Å². The molecule has 0 fully saturated rings. The average molecular weight is 637 g/mol. The highest BCUT2D eigenvalue weighted by atomic mass is 32.1. The summed E-state index contributed by atoms with van der Waals surface area (Å²) >= 11 is 1.86. The molecule has 48 heavy (non-hydrogen) atoms. The Morgan fingerprint density at radius 1 is 0.438 bits per heavy atom. The third kappa shape index (κ3) is 4.86. The van der Waals surface area contributed by atoms with Gasteiger partial charge in [0.2, 0.25) is 0 Å². The minimum Gasteiger partial charge on any atom is -0.311 e. The van der Waals surface area contributed by atoms with Crippen LogP contribution in [0.1, 0.15) is 0 Å². The van der Waals surface area contributed by atoms with Crippen LogP contribution in [0.2, 0.25) is 0 Å². The van der Waals surface area contributed by atoms with Crippen LogP contribution in [0, 0.1) is 5.82 Å². The lowest BCUT2D eigenvalue weighted by Crippen LogP contribution is -2.09. The summed E-state index contributed by atoms with van der Waals surface area (Å²) in [5.74, 6) is -0.252. The van der Waals surface area contributed by atoms with Crippen LogP contribution in [0.15, 0.2) is 176 Å². The highest BCUT2D eigenvalue weighted by Gasteiger charge is 2.18. The molecule has 0 amide bonds. The fourth-order valence-corrected chi connectivity index (χ4v) is 7.98. The summed E-state index contributed by atoms with van der Waals surface area (Å²) in [6, 6.07) is 60.4. The van der Waals surface area contributed by atoms with E-state index in [9.17, 15) is 4.39 Å². The highest BCUT2D eigenvalue weighted by Crippen LogP contribution is 2.42. The normalized spacial score (nSPS) is 11.4. The SMILES string of the molecule is Fc1ccc(N(c2ccc(-c3ccccc3)cc2)c2ccc(-c3ccc(-n4c5ccccc5c5sc6ccccc6c54)cc3)cc2)cc1. The fourth-order valence-electron chi connectivity index (χ4n) is 6.76. The number of hydrogen-bond acceptors (Lipinski definition) is 2. The summed E-state index contributed by atoms with van der Waals surface area (Å²) in [6.45, 7) is 0. The van der Waals surface area contributed by atoms with E-state index in [1.165, 1.54) is 48.9 Å². The van der Waals surface area contributed by atoms with E-state index in [2.05, 4.69) is 155 Å². The van der Waals surface area contributed by atoms with Crippen LogP contribution in [0.3, 0.4) is 0 Å². The Kier molecular flexibility index (Phi) is 6.88. The molecule has 0 bridgehead atoms. The lowest BCUT2D eigenvalue weighted by molar-refractivity contribution is 0.628. The van der Waals surface area contributed by atoms with Crippen LogP contribution in [-0.2, 0) is 0 Å². The summed E-state index contributed by atoms with van der Waals surface area (Å²) < 4.78 is 19.0. The molecule has 0 saturated heterocycles. The van der Waals surface area contributed by atoms with Crippen molar-refractivity contribution in [1.82, 2.24) is 4.57 Å². The lowest BCUT2D eigenvalue weighted by atomic mass is 10.0. The maximum Gasteiger partial charge on any atom is 0.123 e. The zero-order valence-corrected chi connectivity index (χ0v) is 26.7. The van der Waals surface area contributed by atoms with E-state index in [4.69, 9.17) is 0 Å². The quantitative estimate of drug-likeness (QED) is 0.176. The van der Waals surface area contributed by atoms with Crippen molar-refractivity contribution < 1.29 is 4.39 Å². The number of thiophene rings is 1. The van der Waals surface area contributed by atoms with Crippen molar-refractivity contribution in [2.45, 2.75) is 0 Å². The van der Waals surface area contributed by atoms with Gasteiger partial charge in [0.15, 0.2) is 0 Å². The Bertz CT molecular complexity index is 2520. The molecule has 2 nitrogen and oxygen atoms in total. The topological polar surface area (TPSA) is 8.17 Å². The Morgan fingerprint density at radius 2 is 0.917 bits per heavy atom. The standard InChI is InChI=1S/C44H29FN2S/c45-34-20-28-37(29-21-34)46(35-22-14-31(15-23-35)30-8-2-1-3-9-30)36-24-16-32(17-25-36)33-18-26-38(27-19-33)47-41-12-6-4-10-39(41)44-43(47)40-11-5-7-13-42(40)48-44/h1-29H. The molecule has 0 aliphatic rings. The first-order valence-electron chi connectivity index (χ1n) is 16.0. The number of nitrogens with zero attached hydrogens (tertiary/aromatic N) is 2. The predicted molar refractivity (Wildman–Crippen MR) is 202 cm³/mol. The van der Waals surface area contributed by atoms with Crippen molar-refractivity contribution in [3.63, 3.8) is 0 Å². The first-order valence-corrected chi connectivity index (χ1v) is 16.9. The second kappa shape index (κ2) is 11.7. The van der Waals surface area contributed by atoms with Crippen LogP contribution in [0.25, 0.3) is 59.1 Å². The van der Waals surface area contributed by atoms with E-state index >= 15 is 0 Å². The molecule has 0 N–H and O–H groups in total. The van der Waals surface area contributed by atoms with Gasteiger partial charge in [0.1, 0.15) is 5.82 Å². The van der Waals surface area contributed by atoms with Crippen LogP contribution in [0.5, 0.6) is 0 Å². The monoisotopic (exact) mass is 636 g/mol. The molecule has 0 spiro atoms.